The Morgan fingerprint density at radius 3 is 2.20 bits per heavy atom. The largest absolute Gasteiger partial charge is 0.267 e. The molecule has 0 atom stereocenters. The molecule has 0 aliphatic carbocycles. The van der Waals surface area contributed by atoms with Crippen LogP contribution in [0.2, 0.25) is 0 Å². The van der Waals surface area contributed by atoms with E-state index in [2.05, 4.69) is 25.0 Å². The van der Waals surface area contributed by atoms with Crippen molar-refractivity contribution in [3.8, 4) is 6.07 Å². The Morgan fingerprint density at radius 2 is 1.87 bits per heavy atom. The third kappa shape index (κ3) is 1.90. The van der Waals surface area contributed by atoms with Crippen molar-refractivity contribution in [3.05, 3.63) is 17.0 Å². The molecular weight excluding hydrogens is 186 g/mol. The second-order valence-electron chi connectivity index (χ2n) is 4.82. The second kappa shape index (κ2) is 3.69. The predicted molar refractivity (Wildman–Crippen MR) is 60.7 cm³/mol. The molecule has 1 aromatic heterocycles. The summed E-state index contributed by atoms with van der Waals surface area (Å²) in [6.45, 7) is 12.1. The Hall–Kier alpha value is -1.30. The fourth-order valence-corrected chi connectivity index (χ4v) is 2.13. The molecule has 0 aromatic carbocycles. The van der Waals surface area contributed by atoms with E-state index in [1.165, 1.54) is 0 Å². The summed E-state index contributed by atoms with van der Waals surface area (Å²) in [7, 11) is 0. The highest BCUT2D eigenvalue weighted by molar-refractivity contribution is 5.37. The van der Waals surface area contributed by atoms with Crippen LogP contribution in [0.15, 0.2) is 0 Å². The Bertz CT molecular complexity index is 405. The van der Waals surface area contributed by atoms with E-state index < -0.39 is 5.41 Å². The molecule has 0 spiro atoms. The van der Waals surface area contributed by atoms with Gasteiger partial charge in [-0.3, -0.25) is 4.68 Å². The Labute approximate surface area is 91.7 Å². The molecule has 1 rings (SSSR count). The number of hydrogen-bond donors (Lipinski definition) is 0. The maximum Gasteiger partial charge on any atom is 0.0802 e. The molecule has 0 saturated heterocycles. The molecule has 0 aliphatic heterocycles. The number of nitriles is 1. The molecule has 0 fully saturated rings. The first kappa shape index (κ1) is 11.8. The fourth-order valence-electron chi connectivity index (χ4n) is 2.13. The fraction of sp³-hybridized carbons (Fsp3) is 0.667. The average Bonchev–Trinajstić information content (AvgIpc) is 2.42. The first-order valence-corrected chi connectivity index (χ1v) is 5.28. The average molecular weight is 205 g/mol. The molecule has 82 valence electrons. The van der Waals surface area contributed by atoms with Gasteiger partial charge in [-0.1, -0.05) is 0 Å². The first-order chi connectivity index (χ1) is 6.81. The third-order valence-corrected chi connectivity index (χ3v) is 2.72. The van der Waals surface area contributed by atoms with Gasteiger partial charge < -0.3 is 0 Å². The standard InChI is InChI=1S/C12H19N3/c1-8(2)15-10(4)11(9(3)14-15)12(5,6)7-13/h8H,1-6H3. The Morgan fingerprint density at radius 1 is 1.33 bits per heavy atom. The summed E-state index contributed by atoms with van der Waals surface area (Å²) in [6, 6.07) is 2.68. The summed E-state index contributed by atoms with van der Waals surface area (Å²) in [4.78, 5) is 0. The molecule has 0 bridgehead atoms. The number of rotatable bonds is 2. The molecule has 3 heteroatoms. The quantitative estimate of drug-likeness (QED) is 0.745. The van der Waals surface area contributed by atoms with Crippen molar-refractivity contribution in [2.45, 2.75) is 53.0 Å². The smallest absolute Gasteiger partial charge is 0.0802 e. The number of nitrogens with zero attached hydrogens (tertiary/aromatic N) is 3. The van der Waals surface area contributed by atoms with Crippen molar-refractivity contribution >= 4 is 0 Å². The minimum atomic E-state index is -0.457. The van der Waals surface area contributed by atoms with Gasteiger partial charge >= 0.3 is 0 Å². The van der Waals surface area contributed by atoms with Gasteiger partial charge in [-0.25, -0.2) is 0 Å². The number of hydrogen-bond acceptors (Lipinski definition) is 2. The van der Waals surface area contributed by atoms with Gasteiger partial charge in [-0.2, -0.15) is 10.4 Å². The van der Waals surface area contributed by atoms with Crippen LogP contribution in [0.4, 0.5) is 0 Å². The molecule has 0 unspecified atom stereocenters. The van der Waals surface area contributed by atoms with E-state index >= 15 is 0 Å². The monoisotopic (exact) mass is 205 g/mol. The molecule has 3 nitrogen and oxygen atoms in total. The molecule has 0 saturated carbocycles. The van der Waals surface area contributed by atoms with Crippen molar-refractivity contribution in [3.63, 3.8) is 0 Å². The lowest BCUT2D eigenvalue weighted by molar-refractivity contribution is 0.514. The van der Waals surface area contributed by atoms with Crippen molar-refractivity contribution in [2.75, 3.05) is 0 Å². The van der Waals surface area contributed by atoms with E-state index in [9.17, 15) is 0 Å². The zero-order chi connectivity index (χ0) is 11.8. The third-order valence-electron chi connectivity index (χ3n) is 2.72. The van der Waals surface area contributed by atoms with Gasteiger partial charge in [0.1, 0.15) is 0 Å². The molecule has 15 heavy (non-hydrogen) atoms. The maximum absolute atomic E-state index is 9.16. The van der Waals surface area contributed by atoms with Crippen LogP contribution >= 0.6 is 0 Å². The summed E-state index contributed by atoms with van der Waals surface area (Å²) in [5.74, 6) is 0. The Kier molecular flexibility index (Phi) is 2.90. The van der Waals surface area contributed by atoms with Crippen LogP contribution in [-0.4, -0.2) is 9.78 Å². The molecule has 1 heterocycles. The van der Waals surface area contributed by atoms with Crippen molar-refractivity contribution in [1.82, 2.24) is 9.78 Å². The van der Waals surface area contributed by atoms with Crippen molar-refractivity contribution < 1.29 is 0 Å². The van der Waals surface area contributed by atoms with Gasteiger partial charge in [0.05, 0.1) is 17.2 Å². The molecule has 1 aromatic rings. The Balaban J connectivity index is 3.40. The highest BCUT2D eigenvalue weighted by atomic mass is 15.3. The summed E-state index contributed by atoms with van der Waals surface area (Å²) in [5, 5.41) is 13.6. The maximum atomic E-state index is 9.16. The second-order valence-corrected chi connectivity index (χ2v) is 4.82. The summed E-state index contributed by atoms with van der Waals surface area (Å²) >= 11 is 0. The van der Waals surface area contributed by atoms with Gasteiger partial charge in [0.25, 0.3) is 0 Å². The SMILES string of the molecule is Cc1nn(C(C)C)c(C)c1C(C)(C)C#N. The van der Waals surface area contributed by atoms with Crippen LogP contribution < -0.4 is 0 Å². The van der Waals surface area contributed by atoms with Crippen LogP contribution in [-0.2, 0) is 5.41 Å². The lowest BCUT2D eigenvalue weighted by Crippen LogP contribution is -2.16. The van der Waals surface area contributed by atoms with E-state index in [-0.39, 0.29) is 0 Å². The summed E-state index contributed by atoms with van der Waals surface area (Å²) in [6.07, 6.45) is 0. The molecule has 0 N–H and O–H groups in total. The molecule has 0 aliphatic rings. The van der Waals surface area contributed by atoms with E-state index in [4.69, 9.17) is 5.26 Å². The number of aromatic nitrogens is 2. The van der Waals surface area contributed by atoms with Gasteiger partial charge in [0.2, 0.25) is 0 Å². The van der Waals surface area contributed by atoms with Gasteiger partial charge in [0.15, 0.2) is 0 Å². The van der Waals surface area contributed by atoms with Crippen LogP contribution in [0.5, 0.6) is 0 Å². The lowest BCUT2D eigenvalue weighted by Gasteiger charge is -2.16. The molecular formula is C12H19N3. The summed E-state index contributed by atoms with van der Waals surface area (Å²) in [5.41, 5.74) is 2.68. The van der Waals surface area contributed by atoms with Crippen molar-refractivity contribution in [2.24, 2.45) is 0 Å². The highest BCUT2D eigenvalue weighted by Gasteiger charge is 2.28. The zero-order valence-electron chi connectivity index (χ0n) is 10.4. The van der Waals surface area contributed by atoms with Crippen molar-refractivity contribution in [1.29, 1.82) is 5.26 Å². The topological polar surface area (TPSA) is 41.6 Å². The minimum Gasteiger partial charge on any atom is -0.267 e. The normalized spacial score (nSPS) is 11.9. The van der Waals surface area contributed by atoms with Gasteiger partial charge in [0, 0.05) is 17.3 Å². The highest BCUT2D eigenvalue weighted by Crippen LogP contribution is 2.29. The predicted octanol–water partition coefficient (Wildman–Crippen LogP) is 2.88. The van der Waals surface area contributed by atoms with E-state index in [1.807, 2.05) is 32.4 Å². The van der Waals surface area contributed by atoms with E-state index in [1.54, 1.807) is 0 Å². The zero-order valence-corrected chi connectivity index (χ0v) is 10.4. The van der Waals surface area contributed by atoms with Crippen LogP contribution in [0.1, 0.15) is 50.7 Å². The first-order valence-electron chi connectivity index (χ1n) is 5.28. The summed E-state index contributed by atoms with van der Waals surface area (Å²) < 4.78 is 1.99. The number of aryl methyl sites for hydroxylation is 1. The van der Waals surface area contributed by atoms with Crippen LogP contribution in [0.25, 0.3) is 0 Å². The molecule has 0 radical (unpaired) electrons. The van der Waals surface area contributed by atoms with E-state index in [0.717, 1.165) is 17.0 Å². The van der Waals surface area contributed by atoms with E-state index in [0.29, 0.717) is 6.04 Å². The minimum absolute atomic E-state index is 0.340. The lowest BCUT2D eigenvalue weighted by atomic mass is 9.85. The van der Waals surface area contributed by atoms with Crippen LogP contribution in [0.3, 0.4) is 0 Å². The molecule has 0 amide bonds. The van der Waals surface area contributed by atoms with Gasteiger partial charge in [-0.05, 0) is 41.5 Å². The van der Waals surface area contributed by atoms with Gasteiger partial charge in [-0.15, -0.1) is 0 Å². The van der Waals surface area contributed by atoms with Crippen LogP contribution in [0, 0.1) is 25.2 Å².